The number of aromatic nitrogens is 4. The molecule has 0 bridgehead atoms. The summed E-state index contributed by atoms with van der Waals surface area (Å²) in [5.41, 5.74) is 18.5. The van der Waals surface area contributed by atoms with Gasteiger partial charge in [0.15, 0.2) is 40.1 Å². The number of nitrogens with one attached hydrogen (secondary N) is 1. The van der Waals surface area contributed by atoms with E-state index in [1.807, 2.05) is 34.3 Å². The smallest absolute Gasteiger partial charge is 0.277 e. The van der Waals surface area contributed by atoms with Crippen molar-refractivity contribution in [3.05, 3.63) is 34.9 Å². The second-order valence-electron chi connectivity index (χ2n) is 7.64. The lowest BCUT2D eigenvalue weighted by Gasteiger charge is -2.11. The van der Waals surface area contributed by atoms with Crippen LogP contribution in [0.3, 0.4) is 0 Å². The minimum atomic E-state index is -0.572. The highest BCUT2D eigenvalue weighted by Crippen LogP contribution is 2.22. The van der Waals surface area contributed by atoms with Crippen LogP contribution in [0.5, 0.6) is 5.75 Å². The van der Waals surface area contributed by atoms with Crippen LogP contribution >= 0.6 is 11.6 Å². The molecule has 0 radical (unpaired) electrons. The van der Waals surface area contributed by atoms with Crippen molar-refractivity contribution in [2.75, 3.05) is 38.7 Å². The number of imidazole rings is 1. The number of nitrogens with two attached hydrogens (primary N) is 3. The number of fused-ring (bicyclic) bond motifs is 1. The monoisotopic (exact) mass is 490 g/mol. The summed E-state index contributed by atoms with van der Waals surface area (Å²) < 4.78 is 9.54. The maximum Gasteiger partial charge on any atom is 0.277 e. The molecular weight excluding hydrogens is 462 g/mol. The molecule has 3 rings (SSSR count). The molecule has 2 aromatic heterocycles. The molecule has 12 nitrogen and oxygen atoms in total. The summed E-state index contributed by atoms with van der Waals surface area (Å²) in [5, 5.41) is 2.68. The Kier molecular flexibility index (Phi) is 7.74. The SMILES string of the molecule is CCn1c(CNC(=O)c2nc(Cl)c(N)nc2N)[n+](CC(=O)N(C)C)c2ccc(OCCN)cc21. The topological polar surface area (TPSA) is 171 Å². The largest absolute Gasteiger partial charge is 0.492 e. The number of amides is 2. The van der Waals surface area contributed by atoms with E-state index in [1.165, 1.54) is 4.90 Å². The van der Waals surface area contributed by atoms with E-state index >= 15 is 0 Å². The van der Waals surface area contributed by atoms with Gasteiger partial charge in [-0.3, -0.25) is 9.59 Å². The van der Waals surface area contributed by atoms with Gasteiger partial charge in [0.25, 0.3) is 17.6 Å². The van der Waals surface area contributed by atoms with Gasteiger partial charge in [0.1, 0.15) is 18.9 Å². The van der Waals surface area contributed by atoms with Crippen molar-refractivity contribution in [3.8, 4) is 5.75 Å². The Morgan fingerprint density at radius 3 is 2.62 bits per heavy atom. The zero-order chi connectivity index (χ0) is 25.0. The van der Waals surface area contributed by atoms with Crippen LogP contribution in [-0.2, 0) is 24.4 Å². The number of rotatable bonds is 9. The highest BCUT2D eigenvalue weighted by atomic mass is 35.5. The fourth-order valence-electron chi connectivity index (χ4n) is 3.49. The van der Waals surface area contributed by atoms with Crippen molar-refractivity contribution in [2.24, 2.45) is 5.73 Å². The Morgan fingerprint density at radius 2 is 1.97 bits per heavy atom. The number of carbonyl (C=O) groups is 2. The summed E-state index contributed by atoms with van der Waals surface area (Å²) in [6, 6.07) is 5.59. The zero-order valence-electron chi connectivity index (χ0n) is 19.3. The van der Waals surface area contributed by atoms with Gasteiger partial charge >= 0.3 is 0 Å². The first-order chi connectivity index (χ1) is 16.2. The molecule has 1 aromatic carbocycles. The Balaban J connectivity index is 2.02. The summed E-state index contributed by atoms with van der Waals surface area (Å²) in [7, 11) is 3.38. The number of carbonyl (C=O) groups excluding carboxylic acids is 2. The molecule has 0 unspecified atom stereocenters. The normalized spacial score (nSPS) is 11.0. The fraction of sp³-hybridized carbons (Fsp3) is 0.381. The third kappa shape index (κ3) is 5.13. The van der Waals surface area contributed by atoms with Gasteiger partial charge < -0.3 is 32.2 Å². The number of ether oxygens (including phenoxy) is 1. The lowest BCUT2D eigenvalue weighted by atomic mass is 10.3. The van der Waals surface area contributed by atoms with Crippen molar-refractivity contribution in [2.45, 2.75) is 26.6 Å². The Hall–Kier alpha value is -3.64. The number of hydrogen-bond acceptors (Lipinski definition) is 8. The van der Waals surface area contributed by atoms with Crippen molar-refractivity contribution >= 4 is 46.1 Å². The van der Waals surface area contributed by atoms with Crippen molar-refractivity contribution < 1.29 is 18.9 Å². The predicted octanol–water partition coefficient (Wildman–Crippen LogP) is -0.0878. The van der Waals surface area contributed by atoms with Gasteiger partial charge in [0.2, 0.25) is 0 Å². The third-order valence-corrected chi connectivity index (χ3v) is 5.45. The molecule has 0 aliphatic carbocycles. The number of nitrogen functional groups attached to an aromatic ring is 2. The van der Waals surface area contributed by atoms with Gasteiger partial charge in [0.05, 0.1) is 6.54 Å². The second-order valence-corrected chi connectivity index (χ2v) is 8.00. The van der Waals surface area contributed by atoms with E-state index in [0.29, 0.717) is 31.3 Å². The van der Waals surface area contributed by atoms with Crippen LogP contribution in [0, 0.1) is 0 Å². The molecule has 0 fully saturated rings. The lowest BCUT2D eigenvalue weighted by Crippen LogP contribution is -2.46. The van der Waals surface area contributed by atoms with E-state index in [0.717, 1.165) is 11.0 Å². The summed E-state index contributed by atoms with van der Waals surface area (Å²) in [6.45, 7) is 3.50. The first-order valence-electron chi connectivity index (χ1n) is 10.6. The fourth-order valence-corrected chi connectivity index (χ4v) is 3.61. The predicted molar refractivity (Wildman–Crippen MR) is 128 cm³/mol. The molecule has 2 amide bonds. The van der Waals surface area contributed by atoms with E-state index in [4.69, 9.17) is 33.5 Å². The molecule has 0 saturated heterocycles. The number of aryl methyl sites for hydroxylation is 1. The van der Waals surface area contributed by atoms with Gasteiger partial charge in [-0.2, -0.15) is 0 Å². The van der Waals surface area contributed by atoms with Crippen LogP contribution in [0.1, 0.15) is 23.2 Å². The van der Waals surface area contributed by atoms with Crippen molar-refractivity contribution in [3.63, 3.8) is 0 Å². The van der Waals surface area contributed by atoms with Crippen LogP contribution < -0.4 is 31.8 Å². The lowest BCUT2D eigenvalue weighted by molar-refractivity contribution is -0.668. The molecule has 7 N–H and O–H groups in total. The van der Waals surface area contributed by atoms with Gasteiger partial charge in [-0.05, 0) is 19.1 Å². The molecule has 13 heteroatoms. The number of benzene rings is 1. The summed E-state index contributed by atoms with van der Waals surface area (Å²) in [5.74, 6) is 0.493. The number of anilines is 2. The van der Waals surface area contributed by atoms with Crippen LogP contribution in [0.4, 0.5) is 11.6 Å². The molecule has 0 aliphatic rings. The molecule has 182 valence electrons. The first kappa shape index (κ1) is 25.0. The first-order valence-corrected chi connectivity index (χ1v) is 11.0. The Bertz CT molecular complexity index is 1230. The second kappa shape index (κ2) is 10.5. The zero-order valence-corrected chi connectivity index (χ0v) is 20.1. The molecule has 0 saturated carbocycles. The van der Waals surface area contributed by atoms with Gasteiger partial charge in [-0.15, -0.1) is 0 Å². The van der Waals surface area contributed by atoms with E-state index in [2.05, 4.69) is 15.3 Å². The highest BCUT2D eigenvalue weighted by Gasteiger charge is 2.28. The molecule has 34 heavy (non-hydrogen) atoms. The van der Waals surface area contributed by atoms with E-state index in [9.17, 15) is 9.59 Å². The number of halogens is 1. The maximum absolute atomic E-state index is 12.8. The summed E-state index contributed by atoms with van der Waals surface area (Å²) >= 11 is 5.91. The van der Waals surface area contributed by atoms with E-state index in [1.54, 1.807) is 14.1 Å². The molecule has 0 aliphatic heterocycles. The van der Waals surface area contributed by atoms with E-state index in [-0.39, 0.29) is 41.5 Å². The van der Waals surface area contributed by atoms with Crippen LogP contribution in [0.25, 0.3) is 11.0 Å². The molecule has 3 aromatic rings. The highest BCUT2D eigenvalue weighted by molar-refractivity contribution is 6.31. The Labute approximate surface area is 201 Å². The Morgan fingerprint density at radius 1 is 1.24 bits per heavy atom. The van der Waals surface area contributed by atoms with Crippen LogP contribution in [-0.4, -0.2) is 58.5 Å². The van der Waals surface area contributed by atoms with Crippen LogP contribution in [0.2, 0.25) is 5.15 Å². The number of likely N-dealkylation sites (N-methyl/N-ethyl adjacent to an activating group) is 1. The van der Waals surface area contributed by atoms with Crippen molar-refractivity contribution in [1.29, 1.82) is 0 Å². The van der Waals surface area contributed by atoms with E-state index < -0.39 is 5.91 Å². The number of nitrogens with zero attached hydrogens (tertiary/aromatic N) is 5. The average Bonchev–Trinajstić information content (AvgIpc) is 3.09. The minimum absolute atomic E-state index is 0.0606. The maximum atomic E-state index is 12.8. The van der Waals surface area contributed by atoms with Gasteiger partial charge in [-0.25, -0.2) is 19.1 Å². The van der Waals surface area contributed by atoms with Crippen molar-refractivity contribution in [1.82, 2.24) is 24.8 Å². The number of hydrogen-bond donors (Lipinski definition) is 4. The molecule has 0 spiro atoms. The van der Waals surface area contributed by atoms with Gasteiger partial charge in [-0.1, -0.05) is 11.6 Å². The third-order valence-electron chi connectivity index (χ3n) is 5.17. The van der Waals surface area contributed by atoms with Crippen LogP contribution in [0.15, 0.2) is 18.2 Å². The molecule has 2 heterocycles. The average molecular weight is 491 g/mol. The standard InChI is InChI=1S/C21H28ClN9O3/c1-4-30-14-9-12(34-8-7-23)5-6-13(14)31(11-16(32)29(2)3)15(30)10-26-21(33)17-19(24)28-20(25)18(22)27-17/h5-6,9H,4,7-8,10-11,23H2,1-3H3,(H4-,24,25,26,28,33)/p+1. The summed E-state index contributed by atoms with van der Waals surface area (Å²) in [4.78, 5) is 34.7. The summed E-state index contributed by atoms with van der Waals surface area (Å²) in [6.07, 6.45) is 0. The minimum Gasteiger partial charge on any atom is -0.492 e. The van der Waals surface area contributed by atoms with Gasteiger partial charge in [0, 0.05) is 26.7 Å². The molecule has 0 atom stereocenters. The molecular formula is C21H29ClN9O3+. The quantitative estimate of drug-likeness (QED) is 0.301.